The van der Waals surface area contributed by atoms with E-state index in [4.69, 9.17) is 4.74 Å². The van der Waals surface area contributed by atoms with Crippen molar-refractivity contribution < 1.29 is 14.6 Å². The first-order valence-electron chi connectivity index (χ1n) is 7.91. The molecule has 0 bridgehead atoms. The third-order valence-electron chi connectivity index (χ3n) is 3.70. The highest BCUT2D eigenvalue weighted by atomic mass is 32.1. The van der Waals surface area contributed by atoms with Crippen LogP contribution >= 0.6 is 11.3 Å². The molecule has 0 aliphatic rings. The lowest BCUT2D eigenvalue weighted by atomic mass is 9.99. The minimum Gasteiger partial charge on any atom is -0.494 e. The van der Waals surface area contributed by atoms with Gasteiger partial charge in [-0.3, -0.25) is 0 Å². The first kappa shape index (κ1) is 18.3. The molecule has 1 aromatic heterocycles. The standard InChI is InChI=1S/C18H24N2O3S/c1-4-23-16-9-13(2)5-6-14(16)10-19-17(21)20-12-18(3,22)15-7-8-24-11-15/h5-9,11,22H,4,10,12H2,1-3H3,(H2,19,20,21). The fourth-order valence-corrected chi connectivity index (χ4v) is 3.04. The molecule has 1 unspecified atom stereocenters. The lowest BCUT2D eigenvalue weighted by Crippen LogP contribution is -2.43. The number of carbonyl (C=O) groups is 1. The number of thiophene rings is 1. The smallest absolute Gasteiger partial charge is 0.315 e. The summed E-state index contributed by atoms with van der Waals surface area (Å²) in [5.74, 6) is 0.781. The molecule has 0 aliphatic carbocycles. The summed E-state index contributed by atoms with van der Waals surface area (Å²) in [4.78, 5) is 12.0. The molecule has 2 aromatic rings. The van der Waals surface area contributed by atoms with Gasteiger partial charge in [-0.15, -0.1) is 0 Å². The Hall–Kier alpha value is -2.05. The van der Waals surface area contributed by atoms with Crippen molar-refractivity contribution >= 4 is 17.4 Å². The van der Waals surface area contributed by atoms with Crippen molar-refractivity contribution in [2.75, 3.05) is 13.2 Å². The lowest BCUT2D eigenvalue weighted by molar-refractivity contribution is 0.0598. The average molecular weight is 348 g/mol. The number of amides is 2. The van der Waals surface area contributed by atoms with Crippen LogP contribution in [-0.2, 0) is 12.1 Å². The van der Waals surface area contributed by atoms with E-state index < -0.39 is 5.60 Å². The van der Waals surface area contributed by atoms with E-state index in [1.54, 1.807) is 6.92 Å². The van der Waals surface area contributed by atoms with Crippen LogP contribution in [0, 0.1) is 6.92 Å². The number of benzene rings is 1. The van der Waals surface area contributed by atoms with Crippen LogP contribution in [0.25, 0.3) is 0 Å². The zero-order chi connectivity index (χ0) is 17.6. The van der Waals surface area contributed by atoms with Gasteiger partial charge in [-0.05, 0) is 54.8 Å². The second-order valence-electron chi connectivity index (χ2n) is 5.87. The number of aryl methyl sites for hydroxylation is 1. The molecule has 1 aromatic carbocycles. The van der Waals surface area contributed by atoms with E-state index in [1.165, 1.54) is 11.3 Å². The fourth-order valence-electron chi connectivity index (χ4n) is 2.26. The Balaban J connectivity index is 1.87. The number of aliphatic hydroxyl groups is 1. The van der Waals surface area contributed by atoms with E-state index in [-0.39, 0.29) is 12.6 Å². The molecule has 0 saturated carbocycles. The summed E-state index contributed by atoms with van der Waals surface area (Å²) in [5.41, 5.74) is 1.74. The first-order valence-corrected chi connectivity index (χ1v) is 8.85. The topological polar surface area (TPSA) is 70.6 Å². The largest absolute Gasteiger partial charge is 0.494 e. The predicted molar refractivity (Wildman–Crippen MR) is 96.5 cm³/mol. The maximum Gasteiger partial charge on any atom is 0.315 e. The molecule has 0 radical (unpaired) electrons. The Kier molecular flexibility index (Phi) is 6.23. The van der Waals surface area contributed by atoms with Crippen LogP contribution in [-0.4, -0.2) is 24.3 Å². The Morgan fingerprint density at radius 3 is 2.79 bits per heavy atom. The van der Waals surface area contributed by atoms with Gasteiger partial charge in [-0.1, -0.05) is 12.1 Å². The molecular weight excluding hydrogens is 324 g/mol. The van der Waals surface area contributed by atoms with Gasteiger partial charge in [0.25, 0.3) is 0 Å². The molecule has 24 heavy (non-hydrogen) atoms. The van der Waals surface area contributed by atoms with Crippen LogP contribution in [0.4, 0.5) is 4.79 Å². The van der Waals surface area contributed by atoms with E-state index in [0.29, 0.717) is 13.2 Å². The zero-order valence-corrected chi connectivity index (χ0v) is 15.1. The third kappa shape index (κ3) is 4.97. The van der Waals surface area contributed by atoms with E-state index >= 15 is 0 Å². The maximum atomic E-state index is 12.0. The van der Waals surface area contributed by atoms with Crippen LogP contribution in [0.15, 0.2) is 35.0 Å². The van der Waals surface area contributed by atoms with Crippen LogP contribution in [0.2, 0.25) is 0 Å². The Morgan fingerprint density at radius 1 is 1.33 bits per heavy atom. The van der Waals surface area contributed by atoms with Crippen LogP contribution in [0.1, 0.15) is 30.5 Å². The molecule has 130 valence electrons. The number of rotatable bonds is 7. The van der Waals surface area contributed by atoms with E-state index in [9.17, 15) is 9.90 Å². The Morgan fingerprint density at radius 2 is 2.12 bits per heavy atom. The van der Waals surface area contributed by atoms with Gasteiger partial charge < -0.3 is 20.5 Å². The minimum absolute atomic E-state index is 0.141. The minimum atomic E-state index is -1.09. The molecule has 1 heterocycles. The first-order chi connectivity index (χ1) is 11.4. The molecule has 0 aliphatic heterocycles. The van der Waals surface area contributed by atoms with Gasteiger partial charge in [0.2, 0.25) is 0 Å². The van der Waals surface area contributed by atoms with Crippen molar-refractivity contribution in [3.63, 3.8) is 0 Å². The SMILES string of the molecule is CCOc1cc(C)ccc1CNC(=O)NCC(C)(O)c1ccsc1. The Labute approximate surface area is 146 Å². The molecular formula is C18H24N2O3S. The van der Waals surface area contributed by atoms with Crippen molar-refractivity contribution in [3.8, 4) is 5.75 Å². The molecule has 2 rings (SSSR count). The van der Waals surface area contributed by atoms with E-state index in [2.05, 4.69) is 10.6 Å². The number of urea groups is 1. The van der Waals surface area contributed by atoms with Crippen LogP contribution in [0.5, 0.6) is 5.75 Å². The summed E-state index contributed by atoms with van der Waals surface area (Å²) >= 11 is 1.51. The van der Waals surface area contributed by atoms with Crippen molar-refractivity contribution in [1.82, 2.24) is 10.6 Å². The van der Waals surface area contributed by atoms with Gasteiger partial charge in [-0.25, -0.2) is 4.79 Å². The number of nitrogens with one attached hydrogen (secondary N) is 2. The lowest BCUT2D eigenvalue weighted by Gasteiger charge is -2.23. The molecule has 0 saturated heterocycles. The molecule has 0 spiro atoms. The molecule has 6 heteroatoms. The van der Waals surface area contributed by atoms with Gasteiger partial charge in [-0.2, -0.15) is 11.3 Å². The van der Waals surface area contributed by atoms with E-state index in [0.717, 1.165) is 22.4 Å². The van der Waals surface area contributed by atoms with Gasteiger partial charge >= 0.3 is 6.03 Å². The van der Waals surface area contributed by atoms with E-state index in [1.807, 2.05) is 48.9 Å². The van der Waals surface area contributed by atoms with Gasteiger partial charge in [0.05, 0.1) is 13.2 Å². The van der Waals surface area contributed by atoms with Gasteiger partial charge in [0, 0.05) is 12.1 Å². The molecule has 5 nitrogen and oxygen atoms in total. The highest BCUT2D eigenvalue weighted by Crippen LogP contribution is 2.22. The number of carbonyl (C=O) groups excluding carboxylic acids is 1. The quantitative estimate of drug-likeness (QED) is 0.720. The second-order valence-corrected chi connectivity index (χ2v) is 6.65. The van der Waals surface area contributed by atoms with Gasteiger partial charge in [0.1, 0.15) is 11.4 Å². The Bertz CT molecular complexity index is 669. The zero-order valence-electron chi connectivity index (χ0n) is 14.3. The number of hydrogen-bond acceptors (Lipinski definition) is 4. The number of ether oxygens (including phenoxy) is 1. The highest BCUT2D eigenvalue weighted by molar-refractivity contribution is 7.08. The van der Waals surface area contributed by atoms with Gasteiger partial charge in [0.15, 0.2) is 0 Å². The third-order valence-corrected chi connectivity index (χ3v) is 4.38. The summed E-state index contributed by atoms with van der Waals surface area (Å²) in [6.07, 6.45) is 0. The summed E-state index contributed by atoms with van der Waals surface area (Å²) < 4.78 is 5.60. The van der Waals surface area contributed by atoms with Crippen molar-refractivity contribution in [3.05, 3.63) is 51.7 Å². The number of hydrogen-bond donors (Lipinski definition) is 3. The summed E-state index contributed by atoms with van der Waals surface area (Å²) in [7, 11) is 0. The van der Waals surface area contributed by atoms with Crippen LogP contribution in [0.3, 0.4) is 0 Å². The normalized spacial score (nSPS) is 13.2. The highest BCUT2D eigenvalue weighted by Gasteiger charge is 2.24. The van der Waals surface area contributed by atoms with Crippen molar-refractivity contribution in [2.24, 2.45) is 0 Å². The molecule has 2 amide bonds. The molecule has 1 atom stereocenters. The maximum absolute atomic E-state index is 12.0. The van der Waals surface area contributed by atoms with Crippen LogP contribution < -0.4 is 15.4 Å². The van der Waals surface area contributed by atoms with Crippen molar-refractivity contribution in [2.45, 2.75) is 32.9 Å². The predicted octanol–water partition coefficient (Wildman–Crippen LogP) is 3.16. The monoisotopic (exact) mass is 348 g/mol. The average Bonchev–Trinajstić information content (AvgIpc) is 3.08. The second kappa shape index (κ2) is 8.17. The summed E-state index contributed by atoms with van der Waals surface area (Å²) in [6, 6.07) is 7.42. The van der Waals surface area contributed by atoms with Crippen molar-refractivity contribution in [1.29, 1.82) is 0 Å². The summed E-state index contributed by atoms with van der Waals surface area (Å²) in [5, 5.41) is 19.7. The fraction of sp³-hybridized carbons (Fsp3) is 0.389. The molecule has 0 fully saturated rings. The molecule has 3 N–H and O–H groups in total. The summed E-state index contributed by atoms with van der Waals surface area (Å²) in [6.45, 7) is 6.69.